The Kier molecular flexibility index (Phi) is 6.68. The number of aryl methyl sites for hydroxylation is 2. The van der Waals surface area contributed by atoms with Gasteiger partial charge in [0.15, 0.2) is 5.78 Å². The fourth-order valence-electron chi connectivity index (χ4n) is 4.40. The highest BCUT2D eigenvalue weighted by molar-refractivity contribution is 6.26. The molecule has 0 radical (unpaired) electrons. The maximum Gasteiger partial charge on any atom is 0.336 e. The number of Topliss-reactive ketones (excluding diaryl/α,β-unsaturated/α-hetero) is 1. The van der Waals surface area contributed by atoms with E-state index in [9.17, 15) is 14.7 Å². The number of ketones is 1. The Balaban J connectivity index is 2.14. The molecule has 1 saturated carbocycles. The standard InChI is InChI=1S/C26H30O3/c1-17-12-14-20(15-13-17)24(26(28)29)23(16-21-10-6-4-8-18(21)2)25(27)22-11-7-5-9-19(22)3/h5,7,9,11-15,18,21H,4,6,8,10,16H2,1-3H3,(H,28,29)/b24-23-. The van der Waals surface area contributed by atoms with Crippen LogP contribution in [-0.2, 0) is 4.79 Å². The van der Waals surface area contributed by atoms with Crippen LogP contribution >= 0.6 is 0 Å². The van der Waals surface area contributed by atoms with Crippen LogP contribution in [0.4, 0.5) is 0 Å². The molecule has 3 nitrogen and oxygen atoms in total. The topological polar surface area (TPSA) is 54.4 Å². The molecular formula is C26H30O3. The molecule has 1 N–H and O–H groups in total. The van der Waals surface area contributed by atoms with Gasteiger partial charge in [0, 0.05) is 11.1 Å². The number of carboxylic acid groups (broad SMARTS) is 1. The molecule has 2 aromatic carbocycles. The summed E-state index contributed by atoms with van der Waals surface area (Å²) in [5, 5.41) is 10.1. The SMILES string of the molecule is Cc1ccc(/C(C(=O)O)=C(\CC2CCCCC2C)C(=O)c2ccccc2C)cc1. The first-order valence-electron chi connectivity index (χ1n) is 10.5. The van der Waals surface area contributed by atoms with Crippen LogP contribution in [0.1, 0.15) is 66.1 Å². The first kappa shape index (κ1) is 21.0. The third-order valence-electron chi connectivity index (χ3n) is 6.28. The van der Waals surface area contributed by atoms with Crippen molar-refractivity contribution >= 4 is 17.3 Å². The van der Waals surface area contributed by atoms with Crippen molar-refractivity contribution in [2.24, 2.45) is 11.8 Å². The summed E-state index contributed by atoms with van der Waals surface area (Å²) in [4.78, 5) is 26.0. The van der Waals surface area contributed by atoms with Gasteiger partial charge in [-0.15, -0.1) is 0 Å². The fourth-order valence-corrected chi connectivity index (χ4v) is 4.40. The lowest BCUT2D eigenvalue weighted by Gasteiger charge is -2.30. The molecule has 0 aliphatic heterocycles. The van der Waals surface area contributed by atoms with Crippen molar-refractivity contribution in [1.82, 2.24) is 0 Å². The van der Waals surface area contributed by atoms with Gasteiger partial charge in [0.1, 0.15) is 0 Å². The number of hydrogen-bond donors (Lipinski definition) is 1. The first-order valence-corrected chi connectivity index (χ1v) is 10.5. The van der Waals surface area contributed by atoms with E-state index in [2.05, 4.69) is 6.92 Å². The molecule has 1 fully saturated rings. The molecule has 2 atom stereocenters. The van der Waals surface area contributed by atoms with Gasteiger partial charge in [0.25, 0.3) is 0 Å². The van der Waals surface area contributed by atoms with Gasteiger partial charge in [-0.3, -0.25) is 4.79 Å². The van der Waals surface area contributed by atoms with E-state index in [-0.39, 0.29) is 11.4 Å². The predicted molar refractivity (Wildman–Crippen MR) is 117 cm³/mol. The van der Waals surface area contributed by atoms with Gasteiger partial charge in [-0.1, -0.05) is 80.3 Å². The molecule has 3 heteroatoms. The molecule has 0 spiro atoms. The van der Waals surface area contributed by atoms with Gasteiger partial charge < -0.3 is 5.11 Å². The summed E-state index contributed by atoms with van der Waals surface area (Å²) in [5.74, 6) is -0.351. The predicted octanol–water partition coefficient (Wildman–Crippen LogP) is 6.24. The van der Waals surface area contributed by atoms with Gasteiger partial charge in [0.05, 0.1) is 5.57 Å². The monoisotopic (exact) mass is 390 g/mol. The molecular weight excluding hydrogens is 360 g/mol. The number of allylic oxidation sites excluding steroid dienone is 1. The van der Waals surface area contributed by atoms with E-state index in [1.807, 2.05) is 56.3 Å². The number of hydrogen-bond acceptors (Lipinski definition) is 2. The number of aliphatic carboxylic acids is 1. The summed E-state index contributed by atoms with van der Waals surface area (Å²) in [5.41, 5.74) is 3.72. The van der Waals surface area contributed by atoms with Gasteiger partial charge in [0.2, 0.25) is 0 Å². The quantitative estimate of drug-likeness (QED) is 0.469. The second-order valence-corrected chi connectivity index (χ2v) is 8.39. The molecule has 0 saturated heterocycles. The zero-order chi connectivity index (χ0) is 21.0. The minimum absolute atomic E-state index is 0.149. The van der Waals surface area contributed by atoms with Gasteiger partial charge in [-0.2, -0.15) is 0 Å². The van der Waals surface area contributed by atoms with E-state index in [1.54, 1.807) is 6.07 Å². The zero-order valence-electron chi connectivity index (χ0n) is 17.6. The molecule has 0 heterocycles. The van der Waals surface area contributed by atoms with E-state index >= 15 is 0 Å². The smallest absolute Gasteiger partial charge is 0.336 e. The Morgan fingerprint density at radius 2 is 1.62 bits per heavy atom. The van der Waals surface area contributed by atoms with Crippen LogP contribution in [0.15, 0.2) is 54.1 Å². The Hall–Kier alpha value is -2.68. The lowest BCUT2D eigenvalue weighted by Crippen LogP contribution is -2.21. The zero-order valence-corrected chi connectivity index (χ0v) is 17.6. The average molecular weight is 391 g/mol. The molecule has 1 aliphatic rings. The summed E-state index contributed by atoms with van der Waals surface area (Å²) in [6.07, 6.45) is 5.07. The van der Waals surface area contributed by atoms with E-state index in [1.165, 1.54) is 6.42 Å². The van der Waals surface area contributed by atoms with Crippen LogP contribution < -0.4 is 0 Å². The lowest BCUT2D eigenvalue weighted by atomic mass is 9.75. The second kappa shape index (κ2) is 9.21. The summed E-state index contributed by atoms with van der Waals surface area (Å²) in [7, 11) is 0. The average Bonchev–Trinajstić information content (AvgIpc) is 2.70. The fraction of sp³-hybridized carbons (Fsp3) is 0.385. The van der Waals surface area contributed by atoms with Gasteiger partial charge in [-0.05, 0) is 49.7 Å². The molecule has 3 rings (SSSR count). The summed E-state index contributed by atoms with van der Waals surface area (Å²) >= 11 is 0. The van der Waals surface area contributed by atoms with Crippen LogP contribution in [-0.4, -0.2) is 16.9 Å². The maximum atomic E-state index is 13.6. The normalized spacial score (nSPS) is 20.1. The largest absolute Gasteiger partial charge is 0.478 e. The third kappa shape index (κ3) is 4.84. The number of carboxylic acids is 1. The van der Waals surface area contributed by atoms with Crippen molar-refractivity contribution in [1.29, 1.82) is 0 Å². The molecule has 0 bridgehead atoms. The number of carbonyl (C=O) groups excluding carboxylic acids is 1. The number of benzene rings is 2. The van der Waals surface area contributed by atoms with Crippen LogP contribution in [0.3, 0.4) is 0 Å². The number of rotatable bonds is 6. The Morgan fingerprint density at radius 3 is 2.24 bits per heavy atom. The van der Waals surface area contributed by atoms with Gasteiger partial charge in [-0.25, -0.2) is 4.79 Å². The molecule has 29 heavy (non-hydrogen) atoms. The van der Waals surface area contributed by atoms with Crippen LogP contribution in [0.25, 0.3) is 5.57 Å². The van der Waals surface area contributed by atoms with Crippen molar-refractivity contribution in [3.05, 3.63) is 76.4 Å². The number of carbonyl (C=O) groups is 2. The summed E-state index contributed by atoms with van der Waals surface area (Å²) in [6, 6.07) is 14.9. The Labute approximate surface area is 173 Å². The molecule has 1 aliphatic carbocycles. The maximum absolute atomic E-state index is 13.6. The van der Waals surface area contributed by atoms with Crippen molar-refractivity contribution < 1.29 is 14.7 Å². The van der Waals surface area contributed by atoms with Crippen LogP contribution in [0.2, 0.25) is 0 Å². The summed E-state index contributed by atoms with van der Waals surface area (Å²) < 4.78 is 0. The van der Waals surface area contributed by atoms with Crippen molar-refractivity contribution in [3.63, 3.8) is 0 Å². The second-order valence-electron chi connectivity index (χ2n) is 8.39. The summed E-state index contributed by atoms with van der Waals surface area (Å²) in [6.45, 7) is 6.10. The molecule has 152 valence electrons. The van der Waals surface area contributed by atoms with Gasteiger partial charge >= 0.3 is 5.97 Å². The van der Waals surface area contributed by atoms with Crippen molar-refractivity contribution in [2.75, 3.05) is 0 Å². The molecule has 2 aromatic rings. The lowest BCUT2D eigenvalue weighted by molar-refractivity contribution is -0.130. The molecule has 0 amide bonds. The molecule has 2 unspecified atom stereocenters. The first-order chi connectivity index (χ1) is 13.9. The molecule has 0 aromatic heterocycles. The van der Waals surface area contributed by atoms with Crippen LogP contribution in [0, 0.1) is 25.7 Å². The Morgan fingerprint density at radius 1 is 0.966 bits per heavy atom. The Bertz CT molecular complexity index is 921. The highest BCUT2D eigenvalue weighted by atomic mass is 16.4. The van der Waals surface area contributed by atoms with E-state index in [4.69, 9.17) is 0 Å². The van der Waals surface area contributed by atoms with E-state index in [0.29, 0.717) is 35.0 Å². The highest BCUT2D eigenvalue weighted by Crippen LogP contribution is 2.37. The highest BCUT2D eigenvalue weighted by Gasteiger charge is 2.29. The van der Waals surface area contributed by atoms with E-state index < -0.39 is 5.97 Å². The minimum atomic E-state index is -1.03. The minimum Gasteiger partial charge on any atom is -0.478 e. The van der Waals surface area contributed by atoms with Crippen LogP contribution in [0.5, 0.6) is 0 Å². The van der Waals surface area contributed by atoms with E-state index in [0.717, 1.165) is 30.4 Å². The van der Waals surface area contributed by atoms with Crippen molar-refractivity contribution in [3.8, 4) is 0 Å². The van der Waals surface area contributed by atoms with Crippen molar-refractivity contribution in [2.45, 2.75) is 52.9 Å². The third-order valence-corrected chi connectivity index (χ3v) is 6.28.